The first kappa shape index (κ1) is 17.6. The SMILES string of the molecule is c1ccc2c(c1)C(=C1c3ccccc3-c3cc4sc5ccccc5c4cc31)c1ccccc1-2. The lowest BCUT2D eigenvalue weighted by molar-refractivity contribution is 1.63. The van der Waals surface area contributed by atoms with Gasteiger partial charge in [-0.15, -0.1) is 11.3 Å². The minimum atomic E-state index is 1.34. The van der Waals surface area contributed by atoms with E-state index in [1.54, 1.807) is 0 Å². The monoisotopic (exact) mass is 434 g/mol. The third-order valence-electron chi connectivity index (χ3n) is 7.21. The standard InChI is InChI=1S/C32H18S/c1-4-13-23-19(9-1)20-10-2-5-14-24(20)31(23)32-25-15-6-3-11-21(25)26-18-30-27(17-28(26)32)22-12-7-8-16-29(22)33-30/h1-18H. The van der Waals surface area contributed by atoms with Crippen LogP contribution in [0.2, 0.25) is 0 Å². The summed E-state index contributed by atoms with van der Waals surface area (Å²) in [6, 6.07) is 40.3. The predicted octanol–water partition coefficient (Wildman–Crippen LogP) is 9.02. The molecule has 0 aliphatic heterocycles. The summed E-state index contributed by atoms with van der Waals surface area (Å²) in [5.74, 6) is 0. The van der Waals surface area contributed by atoms with E-state index < -0.39 is 0 Å². The molecule has 8 rings (SSSR count). The van der Waals surface area contributed by atoms with Crippen molar-refractivity contribution in [1.82, 2.24) is 0 Å². The van der Waals surface area contributed by atoms with Crippen LogP contribution in [0.4, 0.5) is 0 Å². The molecule has 1 aromatic heterocycles. The molecule has 152 valence electrons. The molecule has 0 amide bonds. The second-order valence-corrected chi connectivity index (χ2v) is 9.96. The zero-order valence-corrected chi connectivity index (χ0v) is 18.6. The van der Waals surface area contributed by atoms with Crippen LogP contribution in [0, 0.1) is 0 Å². The molecule has 0 nitrogen and oxygen atoms in total. The third-order valence-corrected chi connectivity index (χ3v) is 8.34. The van der Waals surface area contributed by atoms with E-state index in [1.807, 2.05) is 11.3 Å². The van der Waals surface area contributed by atoms with E-state index >= 15 is 0 Å². The van der Waals surface area contributed by atoms with Crippen LogP contribution in [0.15, 0.2) is 109 Å². The Morgan fingerprint density at radius 1 is 0.333 bits per heavy atom. The average Bonchev–Trinajstić information content (AvgIpc) is 3.50. The predicted molar refractivity (Wildman–Crippen MR) is 142 cm³/mol. The van der Waals surface area contributed by atoms with E-state index in [1.165, 1.54) is 75.8 Å². The summed E-state index contributed by atoms with van der Waals surface area (Å²) in [5.41, 5.74) is 13.5. The molecule has 0 saturated heterocycles. The Morgan fingerprint density at radius 2 is 0.818 bits per heavy atom. The Bertz CT molecular complexity index is 1760. The molecular formula is C32H18S. The number of fused-ring (bicyclic) bond motifs is 9. The van der Waals surface area contributed by atoms with Crippen LogP contribution >= 0.6 is 11.3 Å². The van der Waals surface area contributed by atoms with Crippen molar-refractivity contribution >= 4 is 42.7 Å². The number of rotatable bonds is 0. The zero-order chi connectivity index (χ0) is 21.5. The van der Waals surface area contributed by atoms with Crippen molar-refractivity contribution < 1.29 is 0 Å². The molecule has 0 atom stereocenters. The van der Waals surface area contributed by atoms with Gasteiger partial charge in [-0.1, -0.05) is 91.0 Å². The smallest absolute Gasteiger partial charge is 0.0362 e. The minimum Gasteiger partial charge on any atom is -0.135 e. The van der Waals surface area contributed by atoms with Crippen molar-refractivity contribution in [2.45, 2.75) is 0 Å². The normalized spacial score (nSPS) is 13.3. The van der Waals surface area contributed by atoms with Crippen molar-refractivity contribution in [3.8, 4) is 22.3 Å². The van der Waals surface area contributed by atoms with E-state index in [0.29, 0.717) is 0 Å². The molecule has 0 bridgehead atoms. The highest BCUT2D eigenvalue weighted by atomic mass is 32.1. The molecule has 0 N–H and O–H groups in total. The second kappa shape index (κ2) is 6.31. The first-order chi connectivity index (χ1) is 16.4. The highest BCUT2D eigenvalue weighted by Crippen LogP contribution is 2.55. The third kappa shape index (κ3) is 2.25. The Kier molecular flexibility index (Phi) is 3.37. The van der Waals surface area contributed by atoms with Gasteiger partial charge < -0.3 is 0 Å². The van der Waals surface area contributed by atoms with Gasteiger partial charge in [0.15, 0.2) is 0 Å². The van der Waals surface area contributed by atoms with E-state index in [9.17, 15) is 0 Å². The van der Waals surface area contributed by atoms with Crippen LogP contribution in [0.25, 0.3) is 53.6 Å². The first-order valence-corrected chi connectivity index (χ1v) is 12.2. The fourth-order valence-electron chi connectivity index (χ4n) is 5.84. The Morgan fingerprint density at radius 3 is 1.45 bits per heavy atom. The number of thiophene rings is 1. The summed E-state index contributed by atoms with van der Waals surface area (Å²) in [5, 5.41) is 2.72. The van der Waals surface area contributed by atoms with Gasteiger partial charge in [0, 0.05) is 20.2 Å². The van der Waals surface area contributed by atoms with Crippen molar-refractivity contribution in [3.63, 3.8) is 0 Å². The van der Waals surface area contributed by atoms with E-state index in [4.69, 9.17) is 0 Å². The Hall–Kier alpha value is -3.94. The van der Waals surface area contributed by atoms with E-state index in [2.05, 4.69) is 109 Å². The molecule has 1 heteroatoms. The lowest BCUT2D eigenvalue weighted by Crippen LogP contribution is -1.90. The molecule has 5 aromatic carbocycles. The zero-order valence-electron chi connectivity index (χ0n) is 17.8. The number of hydrogen-bond donors (Lipinski definition) is 0. The van der Waals surface area contributed by atoms with Gasteiger partial charge in [0.25, 0.3) is 0 Å². The summed E-state index contributed by atoms with van der Waals surface area (Å²) in [6.07, 6.45) is 0. The number of hydrogen-bond acceptors (Lipinski definition) is 1. The maximum Gasteiger partial charge on any atom is 0.0362 e. The van der Waals surface area contributed by atoms with Crippen LogP contribution in [-0.2, 0) is 0 Å². The summed E-state index contributed by atoms with van der Waals surface area (Å²) in [4.78, 5) is 0. The van der Waals surface area contributed by atoms with Gasteiger partial charge in [0.1, 0.15) is 0 Å². The van der Waals surface area contributed by atoms with Crippen molar-refractivity contribution in [1.29, 1.82) is 0 Å². The van der Waals surface area contributed by atoms with E-state index in [-0.39, 0.29) is 0 Å². The maximum absolute atomic E-state index is 2.45. The molecule has 0 saturated carbocycles. The summed E-state index contributed by atoms with van der Waals surface area (Å²) >= 11 is 1.90. The molecule has 33 heavy (non-hydrogen) atoms. The van der Waals surface area contributed by atoms with Crippen LogP contribution in [0.3, 0.4) is 0 Å². The van der Waals surface area contributed by atoms with Gasteiger partial charge in [0.2, 0.25) is 0 Å². The molecule has 0 fully saturated rings. The highest BCUT2D eigenvalue weighted by Gasteiger charge is 2.32. The summed E-state index contributed by atoms with van der Waals surface area (Å²) in [7, 11) is 0. The molecule has 0 unspecified atom stereocenters. The van der Waals surface area contributed by atoms with Crippen molar-refractivity contribution in [2.24, 2.45) is 0 Å². The minimum absolute atomic E-state index is 1.34. The molecule has 6 aromatic rings. The van der Waals surface area contributed by atoms with Gasteiger partial charge in [-0.25, -0.2) is 0 Å². The fourth-order valence-corrected chi connectivity index (χ4v) is 6.96. The lowest BCUT2D eigenvalue weighted by Gasteiger charge is -2.11. The summed E-state index contributed by atoms with van der Waals surface area (Å²) in [6.45, 7) is 0. The molecule has 2 aliphatic carbocycles. The fraction of sp³-hybridized carbons (Fsp3) is 0. The van der Waals surface area contributed by atoms with Gasteiger partial charge in [0.05, 0.1) is 0 Å². The van der Waals surface area contributed by atoms with Crippen LogP contribution in [0.5, 0.6) is 0 Å². The Balaban J connectivity index is 1.57. The van der Waals surface area contributed by atoms with E-state index in [0.717, 1.165) is 0 Å². The average molecular weight is 435 g/mol. The Labute approximate surface area is 196 Å². The van der Waals surface area contributed by atoms with Gasteiger partial charge in [-0.2, -0.15) is 0 Å². The number of benzene rings is 5. The largest absolute Gasteiger partial charge is 0.135 e. The molecule has 1 heterocycles. The van der Waals surface area contributed by atoms with Crippen LogP contribution < -0.4 is 0 Å². The van der Waals surface area contributed by atoms with Gasteiger partial charge >= 0.3 is 0 Å². The topological polar surface area (TPSA) is 0 Å². The maximum atomic E-state index is 2.45. The van der Waals surface area contributed by atoms with Gasteiger partial charge in [-0.05, 0) is 73.9 Å². The summed E-state index contributed by atoms with van der Waals surface area (Å²) < 4.78 is 2.72. The van der Waals surface area contributed by atoms with Crippen LogP contribution in [-0.4, -0.2) is 0 Å². The molecule has 0 spiro atoms. The second-order valence-electron chi connectivity index (χ2n) is 8.88. The first-order valence-electron chi connectivity index (χ1n) is 11.4. The molecular weight excluding hydrogens is 416 g/mol. The van der Waals surface area contributed by atoms with Crippen molar-refractivity contribution in [3.05, 3.63) is 131 Å². The highest BCUT2D eigenvalue weighted by molar-refractivity contribution is 7.25. The molecule has 2 aliphatic rings. The quantitative estimate of drug-likeness (QED) is 0.223. The molecule has 0 radical (unpaired) electrons. The van der Waals surface area contributed by atoms with Gasteiger partial charge in [-0.3, -0.25) is 0 Å². The van der Waals surface area contributed by atoms with Crippen molar-refractivity contribution in [2.75, 3.05) is 0 Å². The lowest BCUT2D eigenvalue weighted by atomic mass is 9.91. The van der Waals surface area contributed by atoms with Crippen LogP contribution in [0.1, 0.15) is 22.3 Å².